The topological polar surface area (TPSA) is 89.6 Å². The first-order chi connectivity index (χ1) is 8.70. The normalized spacial score (nSPS) is 10.1. The van der Waals surface area contributed by atoms with Crippen molar-refractivity contribution in [2.24, 2.45) is 5.73 Å². The molecule has 1 aromatic rings. The number of rotatable bonds is 3. The first-order valence-corrected chi connectivity index (χ1v) is 6.09. The third kappa shape index (κ3) is 13.1. The predicted octanol–water partition coefficient (Wildman–Crippen LogP) is 2.77. The lowest BCUT2D eigenvalue weighted by molar-refractivity contribution is -0.136. The molecule has 0 fully saturated rings. The van der Waals surface area contributed by atoms with Gasteiger partial charge in [0.05, 0.1) is 6.42 Å². The van der Waals surface area contributed by atoms with Crippen LogP contribution in [0.25, 0.3) is 0 Å². The highest BCUT2D eigenvalue weighted by Crippen LogP contribution is 2.25. The molecule has 0 unspecified atom stereocenters. The fourth-order valence-corrected chi connectivity index (χ4v) is 1.09. The summed E-state index contributed by atoms with van der Waals surface area (Å²) in [6.45, 7) is -0.326. The van der Waals surface area contributed by atoms with E-state index in [-0.39, 0.29) is 13.0 Å². The maximum absolute atomic E-state index is 10.2. The average molecular weight is 329 g/mol. The van der Waals surface area contributed by atoms with E-state index >= 15 is 0 Å². The van der Waals surface area contributed by atoms with Gasteiger partial charge in [0.1, 0.15) is 6.61 Å². The molecule has 0 saturated heterocycles. The Labute approximate surface area is 125 Å². The Balaban J connectivity index is 0.000000344. The second-order valence-electron chi connectivity index (χ2n) is 3.28. The van der Waals surface area contributed by atoms with Gasteiger partial charge in [-0.2, -0.15) is 0 Å². The molecule has 3 N–H and O–H groups in total. The molecule has 0 spiro atoms. The Kier molecular flexibility index (Phi) is 8.30. The van der Waals surface area contributed by atoms with Crippen LogP contribution in [0.5, 0.6) is 0 Å². The molecule has 1 rings (SSSR count). The zero-order chi connectivity index (χ0) is 14.9. The van der Waals surface area contributed by atoms with Crippen molar-refractivity contribution in [1.29, 1.82) is 0 Å². The van der Waals surface area contributed by atoms with Gasteiger partial charge in [-0.25, -0.2) is 4.79 Å². The van der Waals surface area contributed by atoms with E-state index in [0.29, 0.717) is 0 Å². The van der Waals surface area contributed by atoms with Crippen molar-refractivity contribution in [1.82, 2.24) is 0 Å². The third-order valence-corrected chi connectivity index (χ3v) is 1.90. The maximum Gasteiger partial charge on any atom is 0.404 e. The van der Waals surface area contributed by atoms with Crippen LogP contribution in [0.15, 0.2) is 30.3 Å². The molecule has 1 aromatic carbocycles. The number of aliphatic carboxylic acids is 1. The van der Waals surface area contributed by atoms with Gasteiger partial charge in [-0.15, -0.1) is 0 Å². The van der Waals surface area contributed by atoms with Crippen LogP contribution in [0, 0.1) is 0 Å². The molecule has 0 saturated carbocycles. The molecular formula is C11H12Cl3NO4. The fourth-order valence-electron chi connectivity index (χ4n) is 0.923. The second kappa shape index (κ2) is 8.85. The minimum absolute atomic E-state index is 0.112. The molecule has 8 heteroatoms. The smallest absolute Gasteiger partial charge is 0.404 e. The van der Waals surface area contributed by atoms with E-state index in [4.69, 9.17) is 39.9 Å². The van der Waals surface area contributed by atoms with Gasteiger partial charge in [0.15, 0.2) is 0 Å². The largest absolute Gasteiger partial charge is 0.481 e. The molecular weight excluding hydrogens is 316 g/mol. The third-order valence-electron chi connectivity index (χ3n) is 1.58. The lowest BCUT2D eigenvalue weighted by Gasteiger charge is -2.08. The number of carbonyl (C=O) groups excluding carboxylic acids is 1. The Bertz CT molecular complexity index is 406. The summed E-state index contributed by atoms with van der Waals surface area (Å²) in [5.74, 6) is -0.786. The zero-order valence-corrected chi connectivity index (χ0v) is 12.0. The van der Waals surface area contributed by atoms with Crippen LogP contribution in [-0.4, -0.2) is 27.6 Å². The molecule has 0 radical (unpaired) electrons. The van der Waals surface area contributed by atoms with Crippen molar-refractivity contribution in [3.63, 3.8) is 0 Å². The lowest BCUT2D eigenvalue weighted by Crippen LogP contribution is -2.21. The van der Waals surface area contributed by atoms with Crippen LogP contribution in [0.2, 0.25) is 0 Å². The number of amides is 1. The quantitative estimate of drug-likeness (QED) is 0.835. The van der Waals surface area contributed by atoms with Crippen molar-refractivity contribution in [3.05, 3.63) is 35.9 Å². The highest BCUT2D eigenvalue weighted by atomic mass is 35.6. The number of carboxylic acids is 1. The van der Waals surface area contributed by atoms with E-state index < -0.39 is 15.9 Å². The molecule has 0 heterocycles. The van der Waals surface area contributed by atoms with E-state index in [1.165, 1.54) is 0 Å². The summed E-state index contributed by atoms with van der Waals surface area (Å²) in [4.78, 5) is 20.0. The summed E-state index contributed by atoms with van der Waals surface area (Å²) in [6, 6.07) is 9.13. The molecule has 1 amide bonds. The van der Waals surface area contributed by atoms with Crippen molar-refractivity contribution in [2.45, 2.75) is 10.2 Å². The standard InChI is InChI=1S/C8H8O2.C3H4Cl3NO2/c9-8(10)6-7-4-2-1-3-5-7;4-3(5,6)1-9-2(7)8/h1-5H,6H2,(H,9,10);1H2,(H2,7,8). The van der Waals surface area contributed by atoms with Crippen LogP contribution < -0.4 is 5.73 Å². The molecule has 19 heavy (non-hydrogen) atoms. The van der Waals surface area contributed by atoms with Gasteiger partial charge in [-0.05, 0) is 5.56 Å². The summed E-state index contributed by atoms with van der Waals surface area (Å²) in [5.41, 5.74) is 5.41. The monoisotopic (exact) mass is 327 g/mol. The number of alkyl halides is 3. The van der Waals surface area contributed by atoms with Crippen LogP contribution in [0.4, 0.5) is 4.79 Å². The molecule has 0 aliphatic carbocycles. The molecule has 5 nitrogen and oxygen atoms in total. The SMILES string of the molecule is NC(=O)OCC(Cl)(Cl)Cl.O=C(O)Cc1ccccc1. The molecule has 0 aliphatic rings. The van der Waals surface area contributed by atoms with Crippen molar-refractivity contribution < 1.29 is 19.4 Å². The number of carboxylic acid groups (broad SMARTS) is 1. The number of ether oxygens (including phenoxy) is 1. The summed E-state index contributed by atoms with van der Waals surface area (Å²) < 4.78 is 2.57. The Morgan fingerprint density at radius 2 is 1.74 bits per heavy atom. The Hall–Kier alpha value is -1.17. The number of benzene rings is 1. The fraction of sp³-hybridized carbons (Fsp3) is 0.273. The molecule has 0 atom stereocenters. The zero-order valence-electron chi connectivity index (χ0n) is 9.68. The summed E-state index contributed by atoms with van der Waals surface area (Å²) in [7, 11) is 0. The van der Waals surface area contributed by atoms with E-state index in [9.17, 15) is 9.59 Å². The molecule has 0 bridgehead atoms. The maximum atomic E-state index is 10.2. The van der Waals surface area contributed by atoms with Gasteiger partial charge < -0.3 is 15.6 Å². The number of nitrogens with two attached hydrogens (primary N) is 1. The van der Waals surface area contributed by atoms with Gasteiger partial charge in [-0.3, -0.25) is 4.79 Å². The minimum atomic E-state index is -1.57. The number of hydrogen-bond donors (Lipinski definition) is 2. The summed E-state index contributed by atoms with van der Waals surface area (Å²) >= 11 is 15.5. The Morgan fingerprint density at radius 1 is 1.21 bits per heavy atom. The lowest BCUT2D eigenvalue weighted by atomic mass is 10.2. The highest BCUT2D eigenvalue weighted by Gasteiger charge is 2.21. The first-order valence-electron chi connectivity index (χ1n) is 4.95. The van der Waals surface area contributed by atoms with Crippen molar-refractivity contribution in [2.75, 3.05) is 6.61 Å². The van der Waals surface area contributed by atoms with Crippen LogP contribution in [0.1, 0.15) is 5.56 Å². The Morgan fingerprint density at radius 3 is 2.05 bits per heavy atom. The van der Waals surface area contributed by atoms with Gasteiger partial charge in [0, 0.05) is 0 Å². The number of primary amides is 1. The molecule has 0 aliphatic heterocycles. The molecule has 106 valence electrons. The van der Waals surface area contributed by atoms with Crippen LogP contribution in [0.3, 0.4) is 0 Å². The van der Waals surface area contributed by atoms with Crippen molar-refractivity contribution in [3.8, 4) is 0 Å². The first kappa shape index (κ1) is 17.8. The number of carbonyl (C=O) groups is 2. The van der Waals surface area contributed by atoms with E-state index in [2.05, 4.69) is 10.5 Å². The minimum Gasteiger partial charge on any atom is -0.481 e. The number of halogens is 3. The number of hydrogen-bond acceptors (Lipinski definition) is 3. The van der Waals surface area contributed by atoms with E-state index in [0.717, 1.165) is 5.56 Å². The van der Waals surface area contributed by atoms with Gasteiger partial charge >= 0.3 is 12.1 Å². The van der Waals surface area contributed by atoms with Gasteiger partial charge in [0.25, 0.3) is 0 Å². The van der Waals surface area contributed by atoms with Gasteiger partial charge in [-0.1, -0.05) is 65.1 Å². The highest BCUT2D eigenvalue weighted by molar-refractivity contribution is 6.67. The summed E-state index contributed by atoms with van der Waals surface area (Å²) in [6.07, 6.45) is -0.845. The summed E-state index contributed by atoms with van der Waals surface area (Å²) in [5, 5.41) is 8.37. The second-order valence-corrected chi connectivity index (χ2v) is 5.80. The predicted molar refractivity (Wildman–Crippen MR) is 73.6 cm³/mol. The van der Waals surface area contributed by atoms with Crippen molar-refractivity contribution >= 4 is 46.9 Å². The average Bonchev–Trinajstić information content (AvgIpc) is 2.27. The van der Waals surface area contributed by atoms with Crippen LogP contribution in [-0.2, 0) is 16.0 Å². The van der Waals surface area contributed by atoms with Gasteiger partial charge in [0.2, 0.25) is 3.79 Å². The van der Waals surface area contributed by atoms with Crippen LogP contribution >= 0.6 is 34.8 Å². The molecule has 0 aromatic heterocycles. The van der Waals surface area contributed by atoms with E-state index in [1.807, 2.05) is 18.2 Å². The van der Waals surface area contributed by atoms with E-state index in [1.54, 1.807) is 12.1 Å².